The number of thioether (sulfide) groups is 1. The van der Waals surface area contributed by atoms with E-state index in [0.29, 0.717) is 44.5 Å². The maximum Gasteiger partial charge on any atom is 0.272 e. The van der Waals surface area contributed by atoms with Crippen molar-refractivity contribution in [3.63, 3.8) is 0 Å². The minimum atomic E-state index is -0.585. The van der Waals surface area contributed by atoms with Gasteiger partial charge in [-0.25, -0.2) is 0 Å². The molecule has 0 aliphatic heterocycles. The molecule has 0 aliphatic carbocycles. The van der Waals surface area contributed by atoms with Crippen LogP contribution in [0.5, 0.6) is 11.5 Å². The number of anilines is 2. The predicted octanol–water partition coefficient (Wildman–Crippen LogP) is 6.06. The largest absolute Gasteiger partial charge is 0.497 e. The summed E-state index contributed by atoms with van der Waals surface area (Å²) < 4.78 is 10.8. The number of amides is 3. The van der Waals surface area contributed by atoms with Crippen molar-refractivity contribution in [2.45, 2.75) is 11.8 Å². The summed E-state index contributed by atoms with van der Waals surface area (Å²) in [7, 11) is 3.02. The number of rotatable bonds is 12. The van der Waals surface area contributed by atoms with Crippen molar-refractivity contribution >= 4 is 52.6 Å². The average molecular weight is 627 g/mol. The number of benzene rings is 4. The first kappa shape index (κ1) is 32.3. The van der Waals surface area contributed by atoms with E-state index in [9.17, 15) is 24.5 Å². The summed E-state index contributed by atoms with van der Waals surface area (Å²) in [6.45, 7) is 1.68. The third-order valence-corrected chi connectivity index (χ3v) is 7.42. The molecule has 3 amide bonds. The molecule has 0 aliphatic rings. The van der Waals surface area contributed by atoms with Gasteiger partial charge in [0.25, 0.3) is 17.5 Å². The molecule has 0 fully saturated rings. The smallest absolute Gasteiger partial charge is 0.272 e. The average Bonchev–Trinajstić information content (AvgIpc) is 3.04. The molecule has 0 heterocycles. The number of hydrogen-bond donors (Lipinski definition) is 3. The van der Waals surface area contributed by atoms with E-state index in [1.54, 1.807) is 79.7 Å². The van der Waals surface area contributed by atoms with Gasteiger partial charge in [0.15, 0.2) is 0 Å². The SMILES string of the molecule is COc1ccc(OC)c(/C=C(/NC(=O)c2ccccc2)C(=O)Nc2cccc(SCC(=O)Nc3ccc([N+](=O)[O-])cc3C)c2)c1. The molecule has 230 valence electrons. The maximum atomic E-state index is 13.5. The molecule has 0 aromatic heterocycles. The quantitative estimate of drug-likeness (QED) is 0.0744. The van der Waals surface area contributed by atoms with E-state index in [4.69, 9.17) is 9.47 Å². The second-order valence-electron chi connectivity index (χ2n) is 9.56. The molecule has 0 saturated carbocycles. The summed E-state index contributed by atoms with van der Waals surface area (Å²) in [5.74, 6) is -0.297. The van der Waals surface area contributed by atoms with E-state index < -0.39 is 16.7 Å². The van der Waals surface area contributed by atoms with Crippen LogP contribution in [0.3, 0.4) is 0 Å². The van der Waals surface area contributed by atoms with Gasteiger partial charge in [-0.15, -0.1) is 11.8 Å². The van der Waals surface area contributed by atoms with Crippen molar-refractivity contribution in [1.29, 1.82) is 0 Å². The van der Waals surface area contributed by atoms with Gasteiger partial charge in [0.2, 0.25) is 5.91 Å². The lowest BCUT2D eigenvalue weighted by Gasteiger charge is -2.14. The highest BCUT2D eigenvalue weighted by Crippen LogP contribution is 2.27. The zero-order chi connectivity index (χ0) is 32.3. The van der Waals surface area contributed by atoms with Gasteiger partial charge in [0.1, 0.15) is 17.2 Å². The van der Waals surface area contributed by atoms with Gasteiger partial charge >= 0.3 is 0 Å². The van der Waals surface area contributed by atoms with Gasteiger partial charge in [0.05, 0.1) is 24.9 Å². The highest BCUT2D eigenvalue weighted by Gasteiger charge is 2.17. The van der Waals surface area contributed by atoms with Gasteiger partial charge in [-0.3, -0.25) is 24.5 Å². The zero-order valence-electron chi connectivity index (χ0n) is 24.7. The van der Waals surface area contributed by atoms with Crippen molar-refractivity contribution in [3.8, 4) is 11.5 Å². The summed E-state index contributed by atoms with van der Waals surface area (Å²) in [6.07, 6.45) is 1.50. The van der Waals surface area contributed by atoms with Crippen molar-refractivity contribution in [3.05, 3.63) is 123 Å². The van der Waals surface area contributed by atoms with Crippen molar-refractivity contribution in [1.82, 2.24) is 5.32 Å². The number of hydrogen-bond acceptors (Lipinski definition) is 8. The fourth-order valence-corrected chi connectivity index (χ4v) is 4.90. The molecule has 0 radical (unpaired) electrons. The van der Waals surface area contributed by atoms with E-state index in [1.165, 1.54) is 50.3 Å². The van der Waals surface area contributed by atoms with Crippen molar-refractivity contribution in [2.75, 3.05) is 30.6 Å². The van der Waals surface area contributed by atoms with Crippen LogP contribution in [0.25, 0.3) is 6.08 Å². The van der Waals surface area contributed by atoms with Crippen LogP contribution in [0.4, 0.5) is 17.1 Å². The number of carbonyl (C=O) groups is 3. The maximum absolute atomic E-state index is 13.5. The number of methoxy groups -OCH3 is 2. The second kappa shape index (κ2) is 15.2. The van der Waals surface area contributed by atoms with Crippen LogP contribution in [-0.4, -0.2) is 42.6 Å². The molecule has 11 nitrogen and oxygen atoms in total. The van der Waals surface area contributed by atoms with Gasteiger partial charge in [-0.05, 0) is 73.2 Å². The second-order valence-corrected chi connectivity index (χ2v) is 10.6. The molecule has 0 bridgehead atoms. The third-order valence-electron chi connectivity index (χ3n) is 6.42. The summed E-state index contributed by atoms with van der Waals surface area (Å²) >= 11 is 1.24. The lowest BCUT2D eigenvalue weighted by molar-refractivity contribution is -0.384. The van der Waals surface area contributed by atoms with Crippen LogP contribution in [0.1, 0.15) is 21.5 Å². The van der Waals surface area contributed by atoms with Crippen LogP contribution < -0.4 is 25.4 Å². The first-order valence-electron chi connectivity index (χ1n) is 13.6. The Labute approximate surface area is 263 Å². The Morgan fingerprint density at radius 1 is 0.889 bits per heavy atom. The normalized spacial score (nSPS) is 10.9. The molecule has 0 spiro atoms. The Bertz CT molecular complexity index is 1760. The van der Waals surface area contributed by atoms with Crippen molar-refractivity contribution in [2.24, 2.45) is 0 Å². The number of ether oxygens (including phenoxy) is 2. The number of nitro groups is 1. The summed E-state index contributed by atoms with van der Waals surface area (Å²) in [4.78, 5) is 50.3. The molecule has 4 rings (SSSR count). The van der Waals surface area contributed by atoms with Gasteiger partial charge in [-0.2, -0.15) is 0 Å². The first-order chi connectivity index (χ1) is 21.7. The molecule has 4 aromatic carbocycles. The van der Waals surface area contributed by atoms with Gasteiger partial charge in [-0.1, -0.05) is 24.3 Å². The molecule has 0 atom stereocenters. The first-order valence-corrected chi connectivity index (χ1v) is 14.5. The number of non-ortho nitro benzene ring substituents is 1. The zero-order valence-corrected chi connectivity index (χ0v) is 25.5. The molecule has 4 aromatic rings. The van der Waals surface area contributed by atoms with E-state index in [0.717, 1.165) is 0 Å². The lowest BCUT2D eigenvalue weighted by Crippen LogP contribution is -2.30. The Morgan fingerprint density at radius 2 is 1.67 bits per heavy atom. The fraction of sp³-hybridized carbons (Fsp3) is 0.121. The molecule has 0 unspecified atom stereocenters. The van der Waals surface area contributed by atoms with E-state index in [2.05, 4.69) is 16.0 Å². The molecule has 12 heteroatoms. The van der Waals surface area contributed by atoms with Gasteiger partial charge in [0, 0.05) is 39.5 Å². The summed E-state index contributed by atoms with van der Waals surface area (Å²) in [5, 5.41) is 19.2. The fourth-order valence-electron chi connectivity index (χ4n) is 4.15. The Hall–Kier alpha value is -5.62. The number of carbonyl (C=O) groups excluding carboxylic acids is 3. The van der Waals surface area contributed by atoms with Crippen LogP contribution in [-0.2, 0) is 9.59 Å². The van der Waals surface area contributed by atoms with Crippen molar-refractivity contribution < 1.29 is 28.8 Å². The third kappa shape index (κ3) is 8.94. The van der Waals surface area contributed by atoms with Crippen LogP contribution in [0.2, 0.25) is 0 Å². The highest BCUT2D eigenvalue weighted by molar-refractivity contribution is 8.00. The van der Waals surface area contributed by atoms with Crippen LogP contribution in [0.15, 0.2) is 102 Å². The Morgan fingerprint density at radius 3 is 2.36 bits per heavy atom. The number of nitrogens with zero attached hydrogens (tertiary/aromatic N) is 1. The minimum absolute atomic E-state index is 0.0358. The van der Waals surface area contributed by atoms with E-state index in [-0.39, 0.29) is 23.0 Å². The highest BCUT2D eigenvalue weighted by atomic mass is 32.2. The van der Waals surface area contributed by atoms with Crippen LogP contribution >= 0.6 is 11.8 Å². The monoisotopic (exact) mass is 626 g/mol. The number of nitro benzene ring substituents is 1. The molecular weight excluding hydrogens is 596 g/mol. The Balaban J connectivity index is 1.49. The van der Waals surface area contributed by atoms with E-state index >= 15 is 0 Å². The standard InChI is InChI=1S/C33H30N4O7S/c1-21-16-25(37(41)42)12-14-28(21)35-31(38)20-45-27-11-7-10-24(19-27)34-33(40)29(36-32(39)22-8-5-4-6-9-22)18-23-17-26(43-2)13-15-30(23)44-3/h4-19H,20H2,1-3H3,(H,34,40)(H,35,38)(H,36,39)/b29-18+. The number of aryl methyl sites for hydroxylation is 1. The van der Waals surface area contributed by atoms with Gasteiger partial charge < -0.3 is 25.4 Å². The number of nitrogens with one attached hydrogen (secondary N) is 3. The molecule has 45 heavy (non-hydrogen) atoms. The molecular formula is C33H30N4O7S. The van der Waals surface area contributed by atoms with Crippen LogP contribution in [0, 0.1) is 17.0 Å². The molecule has 3 N–H and O–H groups in total. The Kier molecular flexibility index (Phi) is 10.9. The van der Waals surface area contributed by atoms with E-state index in [1.807, 2.05) is 0 Å². The summed E-state index contributed by atoms with van der Waals surface area (Å²) in [5.41, 5.74) is 2.28. The summed E-state index contributed by atoms with van der Waals surface area (Å²) in [6, 6.07) is 24.7. The minimum Gasteiger partial charge on any atom is -0.497 e. The molecule has 0 saturated heterocycles. The lowest BCUT2D eigenvalue weighted by atomic mass is 10.1. The predicted molar refractivity (Wildman–Crippen MR) is 174 cm³/mol. The topological polar surface area (TPSA) is 149 Å².